The molecule has 0 radical (unpaired) electrons. The lowest BCUT2D eigenvalue weighted by atomic mass is 10.00. The Hall–Kier alpha value is -0.610. The van der Waals surface area contributed by atoms with E-state index < -0.39 is 5.97 Å². The van der Waals surface area contributed by atoms with E-state index in [4.69, 9.17) is 9.84 Å². The van der Waals surface area contributed by atoms with Crippen molar-refractivity contribution < 1.29 is 14.6 Å². The van der Waals surface area contributed by atoms with Gasteiger partial charge in [-0.2, -0.15) is 0 Å². The Kier molecular flexibility index (Phi) is 5.77. The smallest absolute Gasteiger partial charge is 0.317 e. The summed E-state index contributed by atoms with van der Waals surface area (Å²) in [7, 11) is 0. The Morgan fingerprint density at radius 3 is 2.81 bits per heavy atom. The zero-order valence-electron chi connectivity index (χ0n) is 10.3. The molecule has 0 aromatic carbocycles. The molecule has 1 saturated heterocycles. The fourth-order valence-corrected chi connectivity index (χ4v) is 2.33. The Labute approximate surface area is 97.6 Å². The number of aliphatic carboxylic acids is 1. The summed E-state index contributed by atoms with van der Waals surface area (Å²) in [5.41, 5.74) is 0. The van der Waals surface area contributed by atoms with Gasteiger partial charge in [0.05, 0.1) is 12.6 Å². The van der Waals surface area contributed by atoms with E-state index in [-0.39, 0.29) is 6.54 Å². The summed E-state index contributed by atoms with van der Waals surface area (Å²) in [6.07, 6.45) is 4.27. The van der Waals surface area contributed by atoms with E-state index in [0.717, 1.165) is 38.8 Å². The van der Waals surface area contributed by atoms with Crippen LogP contribution < -0.4 is 0 Å². The first kappa shape index (κ1) is 13.5. The van der Waals surface area contributed by atoms with Crippen LogP contribution in [0.4, 0.5) is 0 Å². The van der Waals surface area contributed by atoms with Crippen LogP contribution in [-0.2, 0) is 9.53 Å². The number of carboxylic acids is 1. The molecule has 0 bridgehead atoms. The molecular weight excluding hydrogens is 206 g/mol. The number of carboxylic acid groups (broad SMARTS) is 1. The van der Waals surface area contributed by atoms with Gasteiger partial charge in [-0.3, -0.25) is 9.69 Å². The van der Waals surface area contributed by atoms with Crippen molar-refractivity contribution in [3.05, 3.63) is 0 Å². The third-order valence-corrected chi connectivity index (χ3v) is 3.16. The number of hydrogen-bond acceptors (Lipinski definition) is 3. The number of hydrogen-bond donors (Lipinski definition) is 1. The van der Waals surface area contributed by atoms with Gasteiger partial charge < -0.3 is 9.84 Å². The maximum Gasteiger partial charge on any atom is 0.317 e. The zero-order valence-corrected chi connectivity index (χ0v) is 10.3. The molecule has 0 saturated carbocycles. The van der Waals surface area contributed by atoms with Gasteiger partial charge in [-0.25, -0.2) is 0 Å². The molecule has 2 unspecified atom stereocenters. The first-order valence-corrected chi connectivity index (χ1v) is 6.24. The molecule has 1 heterocycles. The van der Waals surface area contributed by atoms with Crippen molar-refractivity contribution in [1.82, 2.24) is 4.90 Å². The van der Waals surface area contributed by atoms with E-state index in [1.165, 1.54) is 0 Å². The Morgan fingerprint density at radius 2 is 2.25 bits per heavy atom. The van der Waals surface area contributed by atoms with Gasteiger partial charge in [-0.15, -0.1) is 0 Å². The van der Waals surface area contributed by atoms with Crippen molar-refractivity contribution in [2.45, 2.75) is 51.7 Å². The van der Waals surface area contributed by atoms with Gasteiger partial charge in [-0.05, 0) is 32.2 Å². The lowest BCUT2D eigenvalue weighted by Crippen LogP contribution is -2.44. The molecule has 1 fully saturated rings. The highest BCUT2D eigenvalue weighted by molar-refractivity contribution is 5.69. The maximum atomic E-state index is 10.8. The summed E-state index contributed by atoms with van der Waals surface area (Å²) in [6.45, 7) is 6.01. The van der Waals surface area contributed by atoms with Crippen LogP contribution in [0.5, 0.6) is 0 Å². The molecule has 0 aromatic rings. The first-order chi connectivity index (χ1) is 7.67. The van der Waals surface area contributed by atoms with Crippen molar-refractivity contribution in [1.29, 1.82) is 0 Å². The zero-order chi connectivity index (χ0) is 12.0. The predicted molar refractivity (Wildman–Crippen MR) is 62.6 cm³/mol. The van der Waals surface area contributed by atoms with E-state index in [9.17, 15) is 4.79 Å². The minimum Gasteiger partial charge on any atom is -0.480 e. The molecule has 0 aromatic heterocycles. The van der Waals surface area contributed by atoms with Crippen molar-refractivity contribution in [3.63, 3.8) is 0 Å². The van der Waals surface area contributed by atoms with Crippen molar-refractivity contribution in [3.8, 4) is 0 Å². The van der Waals surface area contributed by atoms with Crippen molar-refractivity contribution >= 4 is 5.97 Å². The average molecular weight is 229 g/mol. The van der Waals surface area contributed by atoms with Gasteiger partial charge in [0.15, 0.2) is 0 Å². The second-order valence-corrected chi connectivity index (χ2v) is 4.44. The molecule has 4 nitrogen and oxygen atoms in total. The Morgan fingerprint density at radius 1 is 1.50 bits per heavy atom. The number of carbonyl (C=O) groups is 1. The third kappa shape index (κ3) is 4.10. The van der Waals surface area contributed by atoms with E-state index in [1.807, 2.05) is 0 Å². The maximum absolute atomic E-state index is 10.8. The standard InChI is InChI=1S/C12H23NO3/c1-3-6-13(9-12(14)15)10-5-7-16-11(4-2)8-10/h10-11H,3-9H2,1-2H3,(H,14,15). The summed E-state index contributed by atoms with van der Waals surface area (Å²) >= 11 is 0. The fourth-order valence-electron chi connectivity index (χ4n) is 2.33. The molecule has 1 aliphatic rings. The van der Waals surface area contributed by atoms with Gasteiger partial charge in [0.1, 0.15) is 0 Å². The van der Waals surface area contributed by atoms with Crippen molar-refractivity contribution in [2.75, 3.05) is 19.7 Å². The summed E-state index contributed by atoms with van der Waals surface area (Å²) in [5.74, 6) is -0.729. The summed E-state index contributed by atoms with van der Waals surface area (Å²) in [6, 6.07) is 0.384. The predicted octanol–water partition coefficient (Wildman–Crippen LogP) is 1.74. The second kappa shape index (κ2) is 6.86. The SMILES string of the molecule is CCCN(CC(=O)O)C1CCOC(CC)C1. The van der Waals surface area contributed by atoms with E-state index in [2.05, 4.69) is 18.7 Å². The molecule has 1 aliphatic heterocycles. The molecule has 2 atom stereocenters. The van der Waals surface area contributed by atoms with Gasteiger partial charge in [0, 0.05) is 12.6 Å². The Bertz CT molecular complexity index is 220. The number of rotatable bonds is 6. The second-order valence-electron chi connectivity index (χ2n) is 4.44. The van der Waals surface area contributed by atoms with Crippen LogP contribution in [0.2, 0.25) is 0 Å². The average Bonchev–Trinajstić information content (AvgIpc) is 2.28. The quantitative estimate of drug-likeness (QED) is 0.753. The number of nitrogens with zero attached hydrogens (tertiary/aromatic N) is 1. The molecule has 94 valence electrons. The van der Waals surface area contributed by atoms with Crippen molar-refractivity contribution in [2.24, 2.45) is 0 Å². The molecule has 4 heteroatoms. The van der Waals surface area contributed by atoms with Gasteiger partial charge >= 0.3 is 5.97 Å². The van der Waals surface area contributed by atoms with Crippen LogP contribution in [0, 0.1) is 0 Å². The van der Waals surface area contributed by atoms with Crippen LogP contribution >= 0.6 is 0 Å². The topological polar surface area (TPSA) is 49.8 Å². The van der Waals surface area contributed by atoms with Gasteiger partial charge in [0.2, 0.25) is 0 Å². The lowest BCUT2D eigenvalue weighted by Gasteiger charge is -2.36. The van der Waals surface area contributed by atoms with Crippen LogP contribution in [-0.4, -0.2) is 47.8 Å². The third-order valence-electron chi connectivity index (χ3n) is 3.16. The van der Waals surface area contributed by atoms with Gasteiger partial charge in [0.25, 0.3) is 0 Å². The molecule has 0 aliphatic carbocycles. The molecule has 1 N–H and O–H groups in total. The highest BCUT2D eigenvalue weighted by Crippen LogP contribution is 2.21. The van der Waals surface area contributed by atoms with Crippen LogP contribution in [0.15, 0.2) is 0 Å². The summed E-state index contributed by atoms with van der Waals surface area (Å²) in [5, 5.41) is 8.89. The normalized spacial score (nSPS) is 25.9. The minimum absolute atomic E-state index is 0.162. The van der Waals surface area contributed by atoms with E-state index >= 15 is 0 Å². The molecule has 0 amide bonds. The van der Waals surface area contributed by atoms with Crippen LogP contribution in [0.3, 0.4) is 0 Å². The summed E-state index contributed by atoms with van der Waals surface area (Å²) < 4.78 is 5.62. The first-order valence-electron chi connectivity index (χ1n) is 6.24. The lowest BCUT2D eigenvalue weighted by molar-refractivity contribution is -0.140. The van der Waals surface area contributed by atoms with Crippen LogP contribution in [0.1, 0.15) is 39.5 Å². The highest BCUT2D eigenvalue weighted by Gasteiger charge is 2.27. The molecule has 16 heavy (non-hydrogen) atoms. The minimum atomic E-state index is -0.729. The van der Waals surface area contributed by atoms with E-state index in [1.54, 1.807) is 0 Å². The largest absolute Gasteiger partial charge is 0.480 e. The Balaban J connectivity index is 2.51. The molecule has 1 rings (SSSR count). The van der Waals surface area contributed by atoms with Crippen LogP contribution in [0.25, 0.3) is 0 Å². The summed E-state index contributed by atoms with van der Waals surface area (Å²) in [4.78, 5) is 12.9. The van der Waals surface area contributed by atoms with Gasteiger partial charge in [-0.1, -0.05) is 13.8 Å². The number of ether oxygens (including phenoxy) is 1. The molecular formula is C12H23NO3. The highest BCUT2D eigenvalue weighted by atomic mass is 16.5. The fraction of sp³-hybridized carbons (Fsp3) is 0.917. The van der Waals surface area contributed by atoms with E-state index in [0.29, 0.717) is 12.1 Å². The molecule has 0 spiro atoms. The monoisotopic (exact) mass is 229 g/mol.